The van der Waals surface area contributed by atoms with Crippen LogP contribution in [0.2, 0.25) is 0 Å². The highest BCUT2D eigenvalue weighted by molar-refractivity contribution is 5.97. The van der Waals surface area contributed by atoms with Gasteiger partial charge in [-0.15, -0.1) is 12.4 Å². The van der Waals surface area contributed by atoms with Crippen molar-refractivity contribution in [3.8, 4) is 11.5 Å². The van der Waals surface area contributed by atoms with E-state index >= 15 is 0 Å². The van der Waals surface area contributed by atoms with Crippen molar-refractivity contribution >= 4 is 35.0 Å². The zero-order valence-electron chi connectivity index (χ0n) is 21.4. The Bertz CT molecular complexity index is 1340. The van der Waals surface area contributed by atoms with Crippen molar-refractivity contribution in [3.05, 3.63) is 84.2 Å². The standard InChI is InChI=1S/C30H33N3O3.ClH/c1-3-22-10-4-6-12-27(22)33-21-23(20-29(33)34)30-31-26-11-5-7-13-28(26)32(30)18-8-9-19-36-25-16-14-24(35-2)15-17-25;/h4-7,10-17,23H,3,8-9,18-21H2,1-2H3;1H. The predicted molar refractivity (Wildman–Crippen MR) is 150 cm³/mol. The average Bonchev–Trinajstić information content (AvgIpc) is 3.49. The molecule has 1 unspecified atom stereocenters. The Hall–Kier alpha value is -3.51. The van der Waals surface area contributed by atoms with Gasteiger partial charge in [-0.1, -0.05) is 37.3 Å². The number of benzene rings is 3. The number of ether oxygens (including phenoxy) is 2. The summed E-state index contributed by atoms with van der Waals surface area (Å²) in [6.45, 7) is 4.30. The minimum atomic E-state index is 0. The highest BCUT2D eigenvalue weighted by Crippen LogP contribution is 2.35. The number of fused-ring (bicyclic) bond motifs is 1. The lowest BCUT2D eigenvalue weighted by Crippen LogP contribution is -2.25. The molecule has 1 atom stereocenters. The van der Waals surface area contributed by atoms with E-state index in [9.17, 15) is 4.79 Å². The van der Waals surface area contributed by atoms with Crippen LogP contribution < -0.4 is 14.4 Å². The van der Waals surface area contributed by atoms with Gasteiger partial charge in [0.1, 0.15) is 17.3 Å². The lowest BCUT2D eigenvalue weighted by atomic mass is 10.1. The van der Waals surface area contributed by atoms with Gasteiger partial charge < -0.3 is 18.9 Å². The van der Waals surface area contributed by atoms with E-state index in [2.05, 4.69) is 41.8 Å². The number of para-hydroxylation sites is 3. The molecule has 3 aromatic carbocycles. The molecule has 1 saturated heterocycles. The number of hydrogen-bond acceptors (Lipinski definition) is 4. The maximum Gasteiger partial charge on any atom is 0.227 e. The highest BCUT2D eigenvalue weighted by atomic mass is 35.5. The number of aryl methyl sites for hydroxylation is 2. The molecular weight excluding hydrogens is 486 g/mol. The minimum Gasteiger partial charge on any atom is -0.497 e. The summed E-state index contributed by atoms with van der Waals surface area (Å²) >= 11 is 0. The van der Waals surface area contributed by atoms with Crippen LogP contribution in [0.4, 0.5) is 5.69 Å². The van der Waals surface area contributed by atoms with Crippen molar-refractivity contribution in [2.45, 2.75) is 45.1 Å². The van der Waals surface area contributed by atoms with E-state index in [-0.39, 0.29) is 24.2 Å². The van der Waals surface area contributed by atoms with Gasteiger partial charge in [0.25, 0.3) is 0 Å². The molecule has 0 spiro atoms. The zero-order valence-corrected chi connectivity index (χ0v) is 22.2. The van der Waals surface area contributed by atoms with Crippen LogP contribution in [0.15, 0.2) is 72.8 Å². The van der Waals surface area contributed by atoms with E-state index in [1.54, 1.807) is 7.11 Å². The topological polar surface area (TPSA) is 56.6 Å². The van der Waals surface area contributed by atoms with Gasteiger partial charge in [0.2, 0.25) is 5.91 Å². The van der Waals surface area contributed by atoms with E-state index in [0.29, 0.717) is 19.6 Å². The first-order chi connectivity index (χ1) is 17.7. The van der Waals surface area contributed by atoms with Crippen molar-refractivity contribution in [1.29, 1.82) is 0 Å². The molecular formula is C30H34ClN3O3. The van der Waals surface area contributed by atoms with Gasteiger partial charge in [0.15, 0.2) is 0 Å². The Morgan fingerprint density at radius 2 is 1.68 bits per heavy atom. The van der Waals surface area contributed by atoms with E-state index in [1.165, 1.54) is 5.56 Å². The maximum atomic E-state index is 13.1. The Labute approximate surface area is 224 Å². The Morgan fingerprint density at radius 1 is 0.946 bits per heavy atom. The Morgan fingerprint density at radius 3 is 2.46 bits per heavy atom. The van der Waals surface area contributed by atoms with Gasteiger partial charge in [-0.25, -0.2) is 4.98 Å². The van der Waals surface area contributed by atoms with Gasteiger partial charge in [0, 0.05) is 31.1 Å². The second-order valence-corrected chi connectivity index (χ2v) is 9.23. The van der Waals surface area contributed by atoms with Crippen molar-refractivity contribution in [1.82, 2.24) is 9.55 Å². The molecule has 1 amide bonds. The summed E-state index contributed by atoms with van der Waals surface area (Å²) in [6.07, 6.45) is 3.29. The first-order valence-corrected chi connectivity index (χ1v) is 12.8. The fourth-order valence-corrected chi connectivity index (χ4v) is 5.06. The number of nitrogens with zero attached hydrogens (tertiary/aromatic N) is 3. The molecule has 5 rings (SSSR count). The maximum absolute atomic E-state index is 13.1. The van der Waals surface area contributed by atoms with Gasteiger partial charge in [-0.05, 0) is 67.3 Å². The summed E-state index contributed by atoms with van der Waals surface area (Å²) in [6, 6.07) is 24.2. The van der Waals surface area contributed by atoms with E-state index in [1.807, 2.05) is 47.4 Å². The van der Waals surface area contributed by atoms with Gasteiger partial charge >= 0.3 is 0 Å². The smallest absolute Gasteiger partial charge is 0.227 e. The molecule has 7 heteroatoms. The highest BCUT2D eigenvalue weighted by Gasteiger charge is 2.35. The molecule has 1 aliphatic rings. The number of halogens is 1. The third-order valence-electron chi connectivity index (χ3n) is 6.94. The van der Waals surface area contributed by atoms with Crippen LogP contribution in [-0.2, 0) is 17.8 Å². The quantitative estimate of drug-likeness (QED) is 0.227. The summed E-state index contributed by atoms with van der Waals surface area (Å²) in [7, 11) is 1.66. The summed E-state index contributed by atoms with van der Waals surface area (Å²) < 4.78 is 13.4. The molecule has 1 fully saturated rings. The van der Waals surface area contributed by atoms with Crippen LogP contribution in [0.3, 0.4) is 0 Å². The summed E-state index contributed by atoms with van der Waals surface area (Å²) in [5, 5.41) is 0. The molecule has 37 heavy (non-hydrogen) atoms. The zero-order chi connectivity index (χ0) is 24.9. The van der Waals surface area contributed by atoms with Crippen LogP contribution in [0, 0.1) is 0 Å². The number of hydrogen-bond donors (Lipinski definition) is 0. The summed E-state index contributed by atoms with van der Waals surface area (Å²) in [4.78, 5) is 20.0. The molecule has 6 nitrogen and oxygen atoms in total. The van der Waals surface area contributed by atoms with Crippen LogP contribution in [0.1, 0.15) is 43.5 Å². The number of amides is 1. The third-order valence-corrected chi connectivity index (χ3v) is 6.94. The number of rotatable bonds is 10. The van der Waals surface area contributed by atoms with Gasteiger partial charge in [-0.2, -0.15) is 0 Å². The predicted octanol–water partition coefficient (Wildman–Crippen LogP) is 6.41. The summed E-state index contributed by atoms with van der Waals surface area (Å²) in [5.41, 5.74) is 4.35. The third kappa shape index (κ3) is 5.75. The number of imidazole rings is 1. The van der Waals surface area contributed by atoms with Crippen molar-refractivity contribution in [3.63, 3.8) is 0 Å². The van der Waals surface area contributed by atoms with Crippen LogP contribution in [0.5, 0.6) is 11.5 Å². The minimum absolute atomic E-state index is 0. The van der Waals surface area contributed by atoms with Gasteiger partial charge in [-0.3, -0.25) is 4.79 Å². The van der Waals surface area contributed by atoms with Crippen LogP contribution in [0.25, 0.3) is 11.0 Å². The fourth-order valence-electron chi connectivity index (χ4n) is 5.06. The first kappa shape index (κ1) is 26.6. The average molecular weight is 520 g/mol. The molecule has 0 aliphatic carbocycles. The summed E-state index contributed by atoms with van der Waals surface area (Å²) in [5.74, 6) is 2.93. The molecule has 194 valence electrons. The number of methoxy groups -OCH3 is 1. The number of aromatic nitrogens is 2. The lowest BCUT2D eigenvalue weighted by Gasteiger charge is -2.20. The number of anilines is 1. The second-order valence-electron chi connectivity index (χ2n) is 9.23. The van der Waals surface area contributed by atoms with E-state index in [4.69, 9.17) is 14.5 Å². The van der Waals surface area contributed by atoms with Crippen molar-refractivity contribution < 1.29 is 14.3 Å². The molecule has 4 aromatic rings. The number of carbonyl (C=O) groups excluding carboxylic acids is 1. The van der Waals surface area contributed by atoms with Crippen molar-refractivity contribution in [2.75, 3.05) is 25.2 Å². The molecule has 1 aliphatic heterocycles. The second kappa shape index (κ2) is 12.2. The first-order valence-electron chi connectivity index (χ1n) is 12.8. The Balaban J connectivity index is 0.00000320. The lowest BCUT2D eigenvalue weighted by molar-refractivity contribution is -0.117. The molecule has 0 bridgehead atoms. The molecule has 0 saturated carbocycles. The molecule has 1 aromatic heterocycles. The molecule has 2 heterocycles. The number of carbonyl (C=O) groups is 1. The van der Waals surface area contributed by atoms with Crippen LogP contribution >= 0.6 is 12.4 Å². The SMILES string of the molecule is CCc1ccccc1N1CC(c2nc3ccccc3n2CCCCOc2ccc(OC)cc2)CC1=O.Cl. The van der Waals surface area contributed by atoms with Crippen molar-refractivity contribution in [2.24, 2.45) is 0 Å². The number of unbranched alkanes of at least 4 members (excludes halogenated alkanes) is 1. The molecule has 0 N–H and O–H groups in total. The fraction of sp³-hybridized carbons (Fsp3) is 0.333. The van der Waals surface area contributed by atoms with Crippen LogP contribution in [-0.4, -0.2) is 35.7 Å². The molecule has 0 radical (unpaired) electrons. The Kier molecular flexibility index (Phi) is 8.72. The van der Waals surface area contributed by atoms with Gasteiger partial charge in [0.05, 0.1) is 24.8 Å². The van der Waals surface area contributed by atoms with E-state index < -0.39 is 0 Å². The van der Waals surface area contributed by atoms with E-state index in [0.717, 1.165) is 59.9 Å². The largest absolute Gasteiger partial charge is 0.497 e. The monoisotopic (exact) mass is 519 g/mol. The normalized spacial score (nSPS) is 15.1.